The number of benzene rings is 1. The minimum Gasteiger partial charge on any atom is -0.497 e. The molecule has 116 valence electrons. The molecule has 0 fully saturated rings. The predicted octanol–water partition coefficient (Wildman–Crippen LogP) is 3.74. The highest BCUT2D eigenvalue weighted by Crippen LogP contribution is 2.31. The molecule has 3 heterocycles. The summed E-state index contributed by atoms with van der Waals surface area (Å²) in [6.45, 7) is 0. The van der Waals surface area contributed by atoms with E-state index in [0.29, 0.717) is 0 Å². The molecule has 0 bridgehead atoms. The number of ether oxygens (including phenoxy) is 2. The van der Waals surface area contributed by atoms with Crippen LogP contribution in [0.1, 0.15) is 0 Å². The number of methoxy groups -OCH3 is 2. The first kappa shape index (κ1) is 13.7. The molecule has 0 aliphatic heterocycles. The molecule has 0 aliphatic carbocycles. The lowest BCUT2D eigenvalue weighted by atomic mass is 10.2. The summed E-state index contributed by atoms with van der Waals surface area (Å²) in [5.74, 6) is 1.61. The number of fused-ring (bicyclic) bond motifs is 2. The van der Waals surface area contributed by atoms with Gasteiger partial charge in [0.25, 0.3) is 0 Å². The minimum atomic E-state index is 0.754. The summed E-state index contributed by atoms with van der Waals surface area (Å²) < 4.78 is 12.7. The van der Waals surface area contributed by atoms with E-state index in [9.17, 15) is 0 Å². The maximum atomic E-state index is 5.31. The van der Waals surface area contributed by atoms with E-state index < -0.39 is 0 Å². The van der Waals surface area contributed by atoms with Crippen LogP contribution >= 0.6 is 0 Å². The van der Waals surface area contributed by atoms with Crippen LogP contribution in [0.25, 0.3) is 33.3 Å². The summed E-state index contributed by atoms with van der Waals surface area (Å²) in [7, 11) is 5.39. The van der Waals surface area contributed by atoms with Gasteiger partial charge in [-0.1, -0.05) is 0 Å². The molecular weight excluding hydrogens is 290 g/mol. The Balaban J connectivity index is 1.89. The van der Waals surface area contributed by atoms with Gasteiger partial charge in [0.2, 0.25) is 0 Å². The molecule has 5 nitrogen and oxygen atoms in total. The van der Waals surface area contributed by atoms with E-state index in [4.69, 9.17) is 9.47 Å². The summed E-state index contributed by atoms with van der Waals surface area (Å²) in [4.78, 5) is 7.77. The first-order valence-corrected chi connectivity index (χ1v) is 7.36. The quantitative estimate of drug-likeness (QED) is 0.627. The van der Waals surface area contributed by atoms with Crippen LogP contribution in [-0.4, -0.2) is 28.8 Å². The van der Waals surface area contributed by atoms with Gasteiger partial charge in [0.15, 0.2) is 0 Å². The fourth-order valence-electron chi connectivity index (χ4n) is 2.96. The van der Waals surface area contributed by atoms with Gasteiger partial charge in [0.1, 0.15) is 17.1 Å². The third-order valence-electron chi connectivity index (χ3n) is 4.21. The standard InChI is InChI=1S/C18H17N3O2/c1-21-16-5-4-13(22-2)6-11(16)9-17(21)15-8-12-7-14(23-3)10-19-18(12)20-15/h4-10H,1-3H3,(H,19,20). The van der Waals surface area contributed by atoms with Crippen molar-refractivity contribution >= 4 is 21.9 Å². The average molecular weight is 307 g/mol. The van der Waals surface area contributed by atoms with Gasteiger partial charge < -0.3 is 19.0 Å². The summed E-state index contributed by atoms with van der Waals surface area (Å²) >= 11 is 0. The molecule has 0 aliphatic rings. The van der Waals surface area contributed by atoms with Gasteiger partial charge in [0.05, 0.1) is 31.8 Å². The molecule has 23 heavy (non-hydrogen) atoms. The number of aromatic amines is 1. The Bertz CT molecular complexity index is 1010. The van der Waals surface area contributed by atoms with Crippen molar-refractivity contribution in [3.05, 3.63) is 42.6 Å². The number of hydrogen-bond acceptors (Lipinski definition) is 3. The number of aryl methyl sites for hydroxylation is 1. The van der Waals surface area contributed by atoms with Gasteiger partial charge in [-0.2, -0.15) is 0 Å². The van der Waals surface area contributed by atoms with E-state index in [-0.39, 0.29) is 0 Å². The first-order chi connectivity index (χ1) is 11.2. The molecule has 4 rings (SSSR count). The smallest absolute Gasteiger partial charge is 0.138 e. The van der Waals surface area contributed by atoms with Gasteiger partial charge in [-0.3, -0.25) is 0 Å². The van der Waals surface area contributed by atoms with Crippen molar-refractivity contribution in [2.45, 2.75) is 0 Å². The molecule has 0 spiro atoms. The normalized spacial score (nSPS) is 11.3. The Morgan fingerprint density at radius 1 is 0.957 bits per heavy atom. The van der Waals surface area contributed by atoms with Crippen molar-refractivity contribution in [1.82, 2.24) is 14.5 Å². The Labute approximate surface area is 133 Å². The maximum absolute atomic E-state index is 5.31. The lowest BCUT2D eigenvalue weighted by Gasteiger charge is -2.02. The third-order valence-corrected chi connectivity index (χ3v) is 4.21. The van der Waals surface area contributed by atoms with Gasteiger partial charge in [-0.05, 0) is 36.4 Å². The lowest BCUT2D eigenvalue weighted by Crippen LogP contribution is -1.91. The number of rotatable bonds is 3. The highest BCUT2D eigenvalue weighted by atomic mass is 16.5. The molecule has 5 heteroatoms. The lowest BCUT2D eigenvalue weighted by molar-refractivity contribution is 0.413. The number of H-pyrrole nitrogens is 1. The molecule has 0 radical (unpaired) electrons. The molecule has 4 aromatic rings. The topological polar surface area (TPSA) is 52.1 Å². The Hall–Kier alpha value is -2.95. The maximum Gasteiger partial charge on any atom is 0.138 e. The van der Waals surface area contributed by atoms with Crippen LogP contribution < -0.4 is 9.47 Å². The third kappa shape index (κ3) is 2.12. The highest BCUT2D eigenvalue weighted by Gasteiger charge is 2.12. The van der Waals surface area contributed by atoms with E-state index in [1.54, 1.807) is 20.4 Å². The second-order valence-corrected chi connectivity index (χ2v) is 5.51. The van der Waals surface area contributed by atoms with Crippen LogP contribution in [0, 0.1) is 0 Å². The summed E-state index contributed by atoms with van der Waals surface area (Å²) in [5, 5.41) is 2.17. The van der Waals surface area contributed by atoms with Gasteiger partial charge in [-0.25, -0.2) is 4.98 Å². The van der Waals surface area contributed by atoms with Gasteiger partial charge in [0, 0.05) is 23.3 Å². The van der Waals surface area contributed by atoms with E-state index in [0.717, 1.165) is 44.8 Å². The summed E-state index contributed by atoms with van der Waals surface area (Å²) in [6.07, 6.45) is 1.72. The first-order valence-electron chi connectivity index (χ1n) is 7.36. The summed E-state index contributed by atoms with van der Waals surface area (Å²) in [5.41, 5.74) is 4.14. The molecular formula is C18H17N3O2. The molecule has 3 aromatic heterocycles. The number of hydrogen-bond donors (Lipinski definition) is 1. The second kappa shape index (κ2) is 5.05. The predicted molar refractivity (Wildman–Crippen MR) is 91.1 cm³/mol. The van der Waals surface area contributed by atoms with Crippen LogP contribution in [0.15, 0.2) is 42.6 Å². The largest absolute Gasteiger partial charge is 0.497 e. The van der Waals surface area contributed by atoms with Gasteiger partial charge in [-0.15, -0.1) is 0 Å². The molecule has 0 saturated heterocycles. The van der Waals surface area contributed by atoms with Crippen molar-refractivity contribution in [3.8, 4) is 22.9 Å². The average Bonchev–Trinajstić information content (AvgIpc) is 3.14. The second-order valence-electron chi connectivity index (χ2n) is 5.51. The molecule has 1 N–H and O–H groups in total. The van der Waals surface area contributed by atoms with Gasteiger partial charge >= 0.3 is 0 Å². The Morgan fingerprint density at radius 2 is 1.74 bits per heavy atom. The fraction of sp³-hybridized carbons (Fsp3) is 0.167. The highest BCUT2D eigenvalue weighted by molar-refractivity contribution is 5.90. The number of aromatic nitrogens is 3. The van der Waals surface area contributed by atoms with E-state index in [1.165, 1.54) is 0 Å². The van der Waals surface area contributed by atoms with Crippen molar-refractivity contribution in [2.75, 3.05) is 14.2 Å². The van der Waals surface area contributed by atoms with Crippen molar-refractivity contribution in [2.24, 2.45) is 7.05 Å². The van der Waals surface area contributed by atoms with E-state index >= 15 is 0 Å². The van der Waals surface area contributed by atoms with Crippen molar-refractivity contribution in [3.63, 3.8) is 0 Å². The van der Waals surface area contributed by atoms with Crippen LogP contribution in [0.3, 0.4) is 0 Å². The SMILES string of the molecule is COc1cnc2[nH]c(-c3cc4cc(OC)ccc4n3C)cc2c1. The zero-order valence-corrected chi connectivity index (χ0v) is 13.3. The molecule has 0 saturated carbocycles. The zero-order chi connectivity index (χ0) is 16.0. The Kier molecular flexibility index (Phi) is 3.01. The van der Waals surface area contributed by atoms with Crippen LogP contribution in [0.4, 0.5) is 0 Å². The molecule has 0 unspecified atom stereocenters. The zero-order valence-electron chi connectivity index (χ0n) is 13.3. The Morgan fingerprint density at radius 3 is 2.52 bits per heavy atom. The number of pyridine rings is 1. The van der Waals surface area contributed by atoms with Crippen LogP contribution in [0.5, 0.6) is 11.5 Å². The van der Waals surface area contributed by atoms with Crippen LogP contribution in [-0.2, 0) is 7.05 Å². The molecule has 0 atom stereocenters. The monoisotopic (exact) mass is 307 g/mol. The summed E-state index contributed by atoms with van der Waals surface area (Å²) in [6, 6.07) is 12.3. The van der Waals surface area contributed by atoms with E-state index in [2.05, 4.69) is 39.8 Å². The molecule has 0 amide bonds. The number of nitrogens with one attached hydrogen (secondary N) is 1. The fourth-order valence-corrected chi connectivity index (χ4v) is 2.96. The molecule has 1 aromatic carbocycles. The van der Waals surface area contributed by atoms with E-state index in [1.807, 2.05) is 18.2 Å². The van der Waals surface area contributed by atoms with Crippen molar-refractivity contribution in [1.29, 1.82) is 0 Å². The minimum absolute atomic E-state index is 0.754. The van der Waals surface area contributed by atoms with Crippen molar-refractivity contribution < 1.29 is 9.47 Å². The number of nitrogens with zero attached hydrogens (tertiary/aromatic N) is 2. The van der Waals surface area contributed by atoms with Crippen LogP contribution in [0.2, 0.25) is 0 Å².